The Kier molecular flexibility index (Phi) is 8.85. The van der Waals surface area contributed by atoms with Crippen LogP contribution in [-0.2, 0) is 20.7 Å². The Morgan fingerprint density at radius 2 is 1.96 bits per heavy atom. The third-order valence-electron chi connectivity index (χ3n) is 4.63. The van der Waals surface area contributed by atoms with Crippen LogP contribution in [-0.4, -0.2) is 38.4 Å². The van der Waals surface area contributed by atoms with E-state index in [4.69, 9.17) is 9.47 Å². The maximum Gasteiger partial charge on any atom is 0.307 e. The van der Waals surface area contributed by atoms with Crippen LogP contribution in [0.2, 0.25) is 0 Å². The first kappa shape index (κ1) is 18.9. The number of esters is 1. The lowest BCUT2D eigenvalue weighted by atomic mass is 9.87. The van der Waals surface area contributed by atoms with Gasteiger partial charge in [0.1, 0.15) is 0 Å². The van der Waals surface area contributed by atoms with Crippen LogP contribution in [0, 0.1) is 5.92 Å². The van der Waals surface area contributed by atoms with Gasteiger partial charge in [0.2, 0.25) is 0 Å². The van der Waals surface area contributed by atoms with Crippen LogP contribution >= 0.6 is 0 Å². The van der Waals surface area contributed by atoms with Crippen molar-refractivity contribution in [1.82, 2.24) is 5.32 Å². The lowest BCUT2D eigenvalue weighted by Crippen LogP contribution is -2.30. The van der Waals surface area contributed by atoms with Gasteiger partial charge in [-0.05, 0) is 57.1 Å². The Hall–Kier alpha value is -1.39. The van der Waals surface area contributed by atoms with E-state index >= 15 is 0 Å². The molecule has 0 heterocycles. The number of carbonyl (C=O) groups is 1. The molecule has 136 valence electrons. The van der Waals surface area contributed by atoms with Crippen molar-refractivity contribution in [2.75, 3.05) is 26.3 Å². The summed E-state index contributed by atoms with van der Waals surface area (Å²) in [7, 11) is 0. The van der Waals surface area contributed by atoms with Gasteiger partial charge in [-0.15, -0.1) is 0 Å². The zero-order chi connectivity index (χ0) is 17.0. The summed E-state index contributed by atoms with van der Waals surface area (Å²) in [6.45, 7) is 4.83. The summed E-state index contributed by atoms with van der Waals surface area (Å²) in [5, 5.41) is 3.38. The topological polar surface area (TPSA) is 47.6 Å². The normalized spacial score (nSPS) is 20.7. The van der Waals surface area contributed by atoms with E-state index in [0.717, 1.165) is 32.4 Å². The highest BCUT2D eigenvalue weighted by molar-refractivity contribution is 5.69. The fourth-order valence-corrected chi connectivity index (χ4v) is 3.22. The Balaban J connectivity index is 0.00000312. The first-order chi connectivity index (χ1) is 11.8. The average molecular weight is 335 g/mol. The lowest BCUT2D eigenvalue weighted by Gasteiger charge is -2.28. The molecule has 0 aromatic heterocycles. The molecule has 1 N–H and O–H groups in total. The number of hydrogen-bond donors (Lipinski definition) is 1. The van der Waals surface area contributed by atoms with Gasteiger partial charge < -0.3 is 14.8 Å². The van der Waals surface area contributed by atoms with Crippen LogP contribution in [0.15, 0.2) is 30.3 Å². The van der Waals surface area contributed by atoms with Crippen LogP contribution in [0.25, 0.3) is 0 Å². The van der Waals surface area contributed by atoms with Crippen molar-refractivity contribution in [3.05, 3.63) is 35.9 Å². The van der Waals surface area contributed by atoms with E-state index in [-0.39, 0.29) is 7.40 Å². The average Bonchev–Trinajstić information content (AvgIpc) is 2.61. The molecule has 4 heteroatoms. The lowest BCUT2D eigenvalue weighted by molar-refractivity contribution is -0.142. The number of benzene rings is 1. The third kappa shape index (κ3) is 7.45. The van der Waals surface area contributed by atoms with Crippen molar-refractivity contribution >= 4 is 5.97 Å². The predicted octanol–water partition coefficient (Wildman–Crippen LogP) is 3.59. The number of carbonyl (C=O) groups excluding carboxylic acids is 1. The molecule has 2 rings (SSSR count). The van der Waals surface area contributed by atoms with Gasteiger partial charge in [0.15, 0.2) is 0 Å². The summed E-state index contributed by atoms with van der Waals surface area (Å²) in [6.07, 6.45) is 6.61. The molecule has 0 spiro atoms. The summed E-state index contributed by atoms with van der Waals surface area (Å²) in [5.41, 5.74) is 1.34. The minimum absolute atomic E-state index is 0. The van der Waals surface area contributed by atoms with E-state index in [1.165, 1.54) is 18.4 Å². The molecule has 0 radical (unpaired) electrons. The first-order valence-electron chi connectivity index (χ1n) is 9.29. The number of nitrogens with one attached hydrogen (secondary N) is 1. The Bertz CT molecular complexity index is 461. The molecule has 0 atom stereocenters. The van der Waals surface area contributed by atoms with Gasteiger partial charge in [0.25, 0.3) is 0 Å². The quantitative estimate of drug-likeness (QED) is 0.524. The van der Waals surface area contributed by atoms with Gasteiger partial charge in [-0.2, -0.15) is 0 Å². The van der Waals surface area contributed by atoms with Gasteiger partial charge in [-0.1, -0.05) is 30.3 Å². The van der Waals surface area contributed by atoms with Crippen molar-refractivity contribution in [1.29, 1.82) is 0 Å². The summed E-state index contributed by atoms with van der Waals surface area (Å²) < 4.78 is 11.0. The molecule has 1 aromatic rings. The van der Waals surface area contributed by atoms with E-state index < -0.39 is 0 Å². The summed E-state index contributed by atoms with van der Waals surface area (Å²) in [4.78, 5) is 11.3. The third-order valence-corrected chi connectivity index (χ3v) is 4.63. The molecule has 1 saturated carbocycles. The van der Waals surface area contributed by atoms with Crippen molar-refractivity contribution < 1.29 is 15.7 Å². The highest BCUT2D eigenvalue weighted by Crippen LogP contribution is 2.25. The smallest absolute Gasteiger partial charge is 0.307 e. The molecule has 4 nitrogen and oxygen atoms in total. The fourth-order valence-electron chi connectivity index (χ4n) is 3.22. The Labute approximate surface area is 147 Å². The molecule has 1 aromatic carbocycles. The highest BCUT2D eigenvalue weighted by atomic mass is 16.5. The zero-order valence-corrected chi connectivity index (χ0v) is 14.8. The van der Waals surface area contributed by atoms with Gasteiger partial charge in [-0.3, -0.25) is 4.79 Å². The van der Waals surface area contributed by atoms with Crippen molar-refractivity contribution in [2.45, 2.75) is 51.6 Å². The molecule has 24 heavy (non-hydrogen) atoms. The van der Waals surface area contributed by atoms with Gasteiger partial charge in [-0.25, -0.2) is 0 Å². The molecular formula is C20H33NO3. The molecule has 0 unspecified atom stereocenters. The second-order valence-electron chi connectivity index (χ2n) is 6.51. The van der Waals surface area contributed by atoms with E-state index in [1.807, 2.05) is 13.0 Å². The van der Waals surface area contributed by atoms with Crippen LogP contribution in [0.3, 0.4) is 0 Å². The first-order valence-corrected chi connectivity index (χ1v) is 9.29. The van der Waals surface area contributed by atoms with E-state index in [0.29, 0.717) is 31.6 Å². The number of hydrogen-bond acceptors (Lipinski definition) is 4. The maximum absolute atomic E-state index is 11.3. The van der Waals surface area contributed by atoms with Crippen LogP contribution in [0.5, 0.6) is 0 Å². The van der Waals surface area contributed by atoms with Crippen molar-refractivity contribution in [3.63, 3.8) is 0 Å². The molecule has 1 aliphatic rings. The van der Waals surface area contributed by atoms with E-state index in [2.05, 4.69) is 29.6 Å². The summed E-state index contributed by atoms with van der Waals surface area (Å²) in [5.74, 6) is 0.599. The molecule has 1 fully saturated rings. The van der Waals surface area contributed by atoms with Crippen LogP contribution in [0.4, 0.5) is 0 Å². The van der Waals surface area contributed by atoms with Gasteiger partial charge >= 0.3 is 5.97 Å². The molecule has 1 aliphatic carbocycles. The molecule has 0 aliphatic heterocycles. The van der Waals surface area contributed by atoms with Crippen molar-refractivity contribution in [3.8, 4) is 0 Å². The highest BCUT2D eigenvalue weighted by Gasteiger charge is 2.21. The summed E-state index contributed by atoms with van der Waals surface area (Å²) >= 11 is 0. The van der Waals surface area contributed by atoms with Crippen molar-refractivity contribution in [2.24, 2.45) is 5.92 Å². The minimum atomic E-state index is -0.111. The minimum Gasteiger partial charge on any atom is -0.466 e. The maximum atomic E-state index is 11.3. The monoisotopic (exact) mass is 335 g/mol. The second kappa shape index (κ2) is 11.2. The Morgan fingerprint density at radius 3 is 2.67 bits per heavy atom. The number of ether oxygens (including phenoxy) is 2. The molecule has 0 bridgehead atoms. The molecule has 0 saturated heterocycles. The second-order valence-corrected chi connectivity index (χ2v) is 6.51. The zero-order valence-electron chi connectivity index (χ0n) is 14.8. The largest absolute Gasteiger partial charge is 0.466 e. The number of rotatable bonds is 10. The van der Waals surface area contributed by atoms with E-state index in [1.54, 1.807) is 0 Å². The standard InChI is InChI=1S/C20H31NO3.H2/c1-2-23-20(22)12-14-21-16-18-8-10-19(11-9-18)24-15-13-17-6-4-3-5-7-17;/h3-7,18-19,21H,2,8-16H2,1H3;1H. The van der Waals surface area contributed by atoms with E-state index in [9.17, 15) is 4.79 Å². The van der Waals surface area contributed by atoms with Gasteiger partial charge in [0, 0.05) is 7.97 Å². The molecular weight excluding hydrogens is 302 g/mol. The predicted molar refractivity (Wildman–Crippen MR) is 98.1 cm³/mol. The van der Waals surface area contributed by atoms with Gasteiger partial charge in [0.05, 0.1) is 25.7 Å². The fraction of sp³-hybridized carbons (Fsp3) is 0.650. The molecule has 0 amide bonds. The Morgan fingerprint density at radius 1 is 1.21 bits per heavy atom. The summed E-state index contributed by atoms with van der Waals surface area (Å²) in [6, 6.07) is 10.5. The van der Waals surface area contributed by atoms with Crippen LogP contribution < -0.4 is 5.32 Å². The SMILES string of the molecule is CCOC(=O)CCNCC1CCC(OCCc2ccccc2)CC1.[HH]. The van der Waals surface area contributed by atoms with Crippen LogP contribution in [0.1, 0.15) is 46.0 Å².